The topological polar surface area (TPSA) is 123 Å². The number of fused-ring (bicyclic) bond motifs is 1. The summed E-state index contributed by atoms with van der Waals surface area (Å²) in [6.07, 6.45) is 2.25. The van der Waals surface area contributed by atoms with Gasteiger partial charge in [0, 0.05) is 23.5 Å². The summed E-state index contributed by atoms with van der Waals surface area (Å²) < 4.78 is 31.5. The third-order valence-corrected chi connectivity index (χ3v) is 5.36. The van der Waals surface area contributed by atoms with Gasteiger partial charge in [-0.1, -0.05) is 30.3 Å². The molecule has 1 heterocycles. The van der Waals surface area contributed by atoms with Gasteiger partial charge in [-0.25, -0.2) is 18.1 Å². The van der Waals surface area contributed by atoms with E-state index in [1.165, 1.54) is 6.20 Å². The fraction of sp³-hybridized carbons (Fsp3) is 0.286. The molecule has 3 aromatic rings. The molecule has 0 aliphatic carbocycles. The Morgan fingerprint density at radius 2 is 1.87 bits per heavy atom. The summed E-state index contributed by atoms with van der Waals surface area (Å²) in [5.41, 5.74) is 0.749. The molecule has 0 fully saturated rings. The summed E-state index contributed by atoms with van der Waals surface area (Å²) in [4.78, 5) is 15.2. The second-order valence-electron chi connectivity index (χ2n) is 7.84. The largest absolute Gasteiger partial charge is 0.489 e. The molecule has 3 rings (SSSR count). The van der Waals surface area contributed by atoms with Crippen LogP contribution in [0.4, 0.5) is 11.4 Å². The molecule has 2 aromatic carbocycles. The number of ether oxygens (including phenoxy) is 1. The van der Waals surface area contributed by atoms with Gasteiger partial charge in [-0.05, 0) is 31.5 Å². The molecule has 0 spiro atoms. The number of nitrogens with zero attached hydrogens (tertiary/aromatic N) is 2. The van der Waals surface area contributed by atoms with E-state index in [-0.39, 0.29) is 17.9 Å². The highest BCUT2D eigenvalue weighted by Crippen LogP contribution is 2.33. The molecule has 9 nitrogen and oxygen atoms in total. The fourth-order valence-electron chi connectivity index (χ4n) is 3.17. The van der Waals surface area contributed by atoms with Crippen LogP contribution >= 0.6 is 0 Å². The number of benzene rings is 2. The molecule has 164 valence electrons. The molecule has 0 bridgehead atoms. The van der Waals surface area contributed by atoms with Crippen molar-refractivity contribution in [1.29, 1.82) is 0 Å². The second-order valence-corrected chi connectivity index (χ2v) is 9.59. The third kappa shape index (κ3) is 6.12. The Balaban J connectivity index is 1.88. The van der Waals surface area contributed by atoms with Crippen molar-refractivity contribution >= 4 is 32.3 Å². The Bertz CT molecular complexity index is 1200. The quantitative estimate of drug-likeness (QED) is 0.383. The summed E-state index contributed by atoms with van der Waals surface area (Å²) in [7, 11) is -3.44. The van der Waals surface area contributed by atoms with Crippen LogP contribution in [0.2, 0.25) is 0 Å². The van der Waals surface area contributed by atoms with Gasteiger partial charge < -0.3 is 10.1 Å². The highest BCUT2D eigenvalue weighted by Gasteiger charge is 2.25. The lowest BCUT2D eigenvalue weighted by Gasteiger charge is -2.26. The van der Waals surface area contributed by atoms with E-state index in [0.29, 0.717) is 23.3 Å². The van der Waals surface area contributed by atoms with Crippen LogP contribution in [0.25, 0.3) is 10.9 Å². The van der Waals surface area contributed by atoms with Crippen molar-refractivity contribution in [2.24, 2.45) is 0 Å². The average Bonchev–Trinajstić information content (AvgIpc) is 2.69. The molecule has 31 heavy (non-hydrogen) atoms. The van der Waals surface area contributed by atoms with E-state index in [1.54, 1.807) is 32.0 Å². The molecular weight excluding hydrogens is 420 g/mol. The lowest BCUT2D eigenvalue weighted by atomic mass is 10.1. The number of nitro groups is 1. The molecule has 0 aliphatic rings. The van der Waals surface area contributed by atoms with E-state index < -0.39 is 20.5 Å². The maximum atomic E-state index is 11.6. The fourth-order valence-corrected chi connectivity index (χ4v) is 4.24. The summed E-state index contributed by atoms with van der Waals surface area (Å²) >= 11 is 0. The van der Waals surface area contributed by atoms with Crippen LogP contribution < -0.4 is 14.8 Å². The third-order valence-electron chi connectivity index (χ3n) is 4.43. The summed E-state index contributed by atoms with van der Waals surface area (Å²) in [5, 5.41) is 15.1. The van der Waals surface area contributed by atoms with Gasteiger partial charge in [0.25, 0.3) is 0 Å². The van der Waals surface area contributed by atoms with Crippen molar-refractivity contribution in [2.45, 2.75) is 26.0 Å². The maximum absolute atomic E-state index is 11.6. The molecule has 0 aliphatic heterocycles. The van der Waals surface area contributed by atoms with Gasteiger partial charge in [-0.2, -0.15) is 0 Å². The first-order valence-corrected chi connectivity index (χ1v) is 11.4. The van der Waals surface area contributed by atoms with E-state index in [2.05, 4.69) is 15.0 Å². The minimum Gasteiger partial charge on any atom is -0.489 e. The van der Waals surface area contributed by atoms with E-state index in [9.17, 15) is 18.5 Å². The molecule has 0 amide bonds. The number of hydrogen-bond acceptors (Lipinski definition) is 7. The minimum atomic E-state index is -3.44. The van der Waals surface area contributed by atoms with Crippen molar-refractivity contribution in [3.05, 3.63) is 70.4 Å². The first-order chi connectivity index (χ1) is 14.5. The standard InChI is InChI=1S/C21H24N4O5S/c1-21(2,24-31(3,28)29)14-23-20-17-10-9-16(30-13-15-7-5-4-6-8-15)11-18(17)22-12-19(20)25(26)27/h4-12,24H,13-14H2,1-3H3,(H,22,23). The molecule has 0 atom stereocenters. The zero-order valence-electron chi connectivity index (χ0n) is 17.5. The number of sulfonamides is 1. The average molecular weight is 445 g/mol. The van der Waals surface area contributed by atoms with Crippen LogP contribution in [0, 0.1) is 10.1 Å². The monoisotopic (exact) mass is 444 g/mol. The highest BCUT2D eigenvalue weighted by atomic mass is 32.2. The second kappa shape index (κ2) is 8.86. The predicted molar refractivity (Wildman–Crippen MR) is 120 cm³/mol. The molecule has 0 saturated heterocycles. The van der Waals surface area contributed by atoms with Crippen LogP contribution in [-0.2, 0) is 16.6 Å². The Morgan fingerprint density at radius 1 is 1.16 bits per heavy atom. The smallest absolute Gasteiger partial charge is 0.311 e. The van der Waals surface area contributed by atoms with E-state index in [0.717, 1.165) is 11.8 Å². The Morgan fingerprint density at radius 3 is 2.52 bits per heavy atom. The lowest BCUT2D eigenvalue weighted by molar-refractivity contribution is -0.384. The van der Waals surface area contributed by atoms with Crippen LogP contribution in [0.3, 0.4) is 0 Å². The number of rotatable bonds is 9. The zero-order valence-corrected chi connectivity index (χ0v) is 18.3. The molecule has 2 N–H and O–H groups in total. The van der Waals surface area contributed by atoms with Gasteiger partial charge in [-0.3, -0.25) is 10.1 Å². The number of anilines is 1. The van der Waals surface area contributed by atoms with Crippen LogP contribution in [0.5, 0.6) is 5.75 Å². The summed E-state index contributed by atoms with van der Waals surface area (Å²) in [6.45, 7) is 3.89. The van der Waals surface area contributed by atoms with E-state index >= 15 is 0 Å². The van der Waals surface area contributed by atoms with E-state index in [4.69, 9.17) is 4.74 Å². The van der Waals surface area contributed by atoms with Gasteiger partial charge in [0.15, 0.2) is 0 Å². The Labute approximate surface area is 180 Å². The van der Waals surface area contributed by atoms with Crippen LogP contribution in [0.1, 0.15) is 19.4 Å². The summed E-state index contributed by atoms with van der Waals surface area (Å²) in [6, 6.07) is 14.8. The first-order valence-electron chi connectivity index (χ1n) is 9.51. The Kier molecular flexibility index (Phi) is 6.42. The normalized spacial score (nSPS) is 12.0. The van der Waals surface area contributed by atoms with E-state index in [1.807, 2.05) is 30.3 Å². The van der Waals surface area contributed by atoms with Gasteiger partial charge >= 0.3 is 5.69 Å². The first kappa shape index (κ1) is 22.4. The molecule has 1 aromatic heterocycles. The summed E-state index contributed by atoms with van der Waals surface area (Å²) in [5.74, 6) is 0.586. The number of pyridine rings is 1. The van der Waals surface area contributed by atoms with Crippen molar-refractivity contribution in [2.75, 3.05) is 18.1 Å². The SMILES string of the molecule is CC(C)(CNc1c([N+](=O)[O-])cnc2cc(OCc3ccccc3)ccc12)NS(C)(=O)=O. The van der Waals surface area contributed by atoms with Crippen LogP contribution in [0.15, 0.2) is 54.7 Å². The molecule has 0 radical (unpaired) electrons. The zero-order chi connectivity index (χ0) is 22.6. The molecule has 0 saturated carbocycles. The number of hydrogen-bond donors (Lipinski definition) is 2. The van der Waals surface area contributed by atoms with Gasteiger partial charge in [-0.15, -0.1) is 0 Å². The Hall–Kier alpha value is -3.24. The number of nitrogens with one attached hydrogen (secondary N) is 2. The van der Waals surface area contributed by atoms with Crippen molar-refractivity contribution < 1.29 is 18.1 Å². The minimum absolute atomic E-state index is 0.131. The van der Waals surface area contributed by atoms with Gasteiger partial charge in [0.05, 0.1) is 16.7 Å². The van der Waals surface area contributed by atoms with Crippen molar-refractivity contribution in [3.63, 3.8) is 0 Å². The molecule has 10 heteroatoms. The van der Waals surface area contributed by atoms with Gasteiger partial charge in [0.1, 0.15) is 24.2 Å². The molecular formula is C21H24N4O5S. The molecule has 0 unspecified atom stereocenters. The van der Waals surface area contributed by atoms with Crippen LogP contribution in [-0.4, -0.2) is 36.7 Å². The highest BCUT2D eigenvalue weighted by molar-refractivity contribution is 7.88. The van der Waals surface area contributed by atoms with Crippen molar-refractivity contribution in [1.82, 2.24) is 9.71 Å². The lowest BCUT2D eigenvalue weighted by Crippen LogP contribution is -2.47. The predicted octanol–water partition coefficient (Wildman–Crippen LogP) is 3.46. The maximum Gasteiger partial charge on any atom is 0.311 e. The number of aromatic nitrogens is 1. The van der Waals surface area contributed by atoms with Gasteiger partial charge in [0.2, 0.25) is 10.0 Å². The van der Waals surface area contributed by atoms with Crippen molar-refractivity contribution in [3.8, 4) is 5.75 Å².